The van der Waals surface area contributed by atoms with E-state index in [4.69, 9.17) is 17.5 Å². The van der Waals surface area contributed by atoms with Crippen molar-refractivity contribution in [3.05, 3.63) is 11.1 Å². The third-order valence-electron chi connectivity index (χ3n) is 7.58. The zero-order valence-electron chi connectivity index (χ0n) is 16.9. The molecule has 0 saturated heterocycles. The summed E-state index contributed by atoms with van der Waals surface area (Å²) in [7, 11) is -5.17. The summed E-state index contributed by atoms with van der Waals surface area (Å²) >= 11 is 0. The van der Waals surface area contributed by atoms with Crippen LogP contribution in [0.3, 0.4) is 0 Å². The standard InChI is InChI=1S/C19H28O.Ca.H2O4S.2H2O/c1-18-9-3-4-16(18)15-6-5-13-12-14(20)7-11-19(13,2)17(15)8-10-18;;1-5(2,3)4;;/h13,17H,3-12H2,1-2H3;;(H2,1,2,3,4);2*1H2/q;+2;;;/p-2/t13?,17-,18+,19+;;;;/m1..../s1. The molecule has 1 unspecified atom stereocenters. The first-order valence-corrected chi connectivity index (χ1v) is 10.8. The molecule has 3 saturated carbocycles. The van der Waals surface area contributed by atoms with Crippen molar-refractivity contribution in [1.82, 2.24) is 0 Å². The van der Waals surface area contributed by atoms with Gasteiger partial charge in [-0.25, -0.2) is 0 Å². The van der Waals surface area contributed by atoms with Crippen LogP contribution in [0.5, 0.6) is 0 Å². The molecule has 4 rings (SSSR count). The molecule has 4 atom stereocenters. The summed E-state index contributed by atoms with van der Waals surface area (Å²) in [6, 6.07) is 0. The van der Waals surface area contributed by atoms with Crippen LogP contribution >= 0.6 is 0 Å². The minimum Gasteiger partial charge on any atom is -0.759 e. The van der Waals surface area contributed by atoms with E-state index < -0.39 is 10.4 Å². The minimum absolute atomic E-state index is 0. The molecule has 0 amide bonds. The van der Waals surface area contributed by atoms with Gasteiger partial charge in [0.2, 0.25) is 0 Å². The summed E-state index contributed by atoms with van der Waals surface area (Å²) in [5, 5.41) is 0. The summed E-state index contributed by atoms with van der Waals surface area (Å²) < 4.78 is 34.1. The Bertz CT molecular complexity index is 697. The SMILES string of the molecule is C[C@@]12CCCC1=C1CCC3CC(=O)CC[C@]3(C)[C@@H]1CC2.O.O.O=S(=O)([O-])[O-].[Ca+2]. The molecule has 0 bridgehead atoms. The Morgan fingerprint density at radius 1 is 0.964 bits per heavy atom. The summed E-state index contributed by atoms with van der Waals surface area (Å²) in [5.41, 5.74) is 4.73. The number of carbonyl (C=O) groups is 1. The Labute approximate surface area is 197 Å². The number of allylic oxidation sites excluding steroid dienone is 2. The number of hydrogen-bond donors (Lipinski definition) is 0. The van der Waals surface area contributed by atoms with Gasteiger partial charge in [-0.15, -0.1) is 0 Å². The zero-order chi connectivity index (χ0) is 18.5. The van der Waals surface area contributed by atoms with E-state index in [0.29, 0.717) is 22.5 Å². The second-order valence-electron chi connectivity index (χ2n) is 8.90. The molecule has 7 nitrogen and oxygen atoms in total. The number of Topliss-reactive ketones (excluding diaryl/α,β-unsaturated/α-hetero) is 1. The average molecular weight is 445 g/mol. The smallest absolute Gasteiger partial charge is 0.759 e. The maximum Gasteiger partial charge on any atom is 2.00 e. The molecule has 0 aliphatic heterocycles. The van der Waals surface area contributed by atoms with Crippen molar-refractivity contribution < 1.29 is 33.3 Å². The van der Waals surface area contributed by atoms with E-state index in [1.807, 2.05) is 11.1 Å². The van der Waals surface area contributed by atoms with E-state index in [1.54, 1.807) is 0 Å². The average Bonchev–Trinajstić information content (AvgIpc) is 2.88. The van der Waals surface area contributed by atoms with Gasteiger partial charge in [0.05, 0.1) is 0 Å². The van der Waals surface area contributed by atoms with Crippen molar-refractivity contribution in [1.29, 1.82) is 0 Å². The third kappa shape index (κ3) is 5.78. The first-order chi connectivity index (χ1) is 11.5. The van der Waals surface area contributed by atoms with Crippen molar-refractivity contribution in [2.45, 2.75) is 78.1 Å². The minimum atomic E-state index is -5.17. The molecule has 0 aromatic rings. The van der Waals surface area contributed by atoms with Gasteiger partial charge in [0, 0.05) is 23.2 Å². The maximum absolute atomic E-state index is 11.8. The Morgan fingerprint density at radius 3 is 2.18 bits per heavy atom. The van der Waals surface area contributed by atoms with Crippen LogP contribution in [0.1, 0.15) is 78.1 Å². The third-order valence-corrected chi connectivity index (χ3v) is 7.58. The van der Waals surface area contributed by atoms with Gasteiger partial charge < -0.3 is 20.1 Å². The Hall–Kier alpha value is 0.460. The van der Waals surface area contributed by atoms with Gasteiger partial charge in [0.15, 0.2) is 0 Å². The molecule has 9 heteroatoms. The Balaban J connectivity index is 0.000000823. The predicted octanol–water partition coefficient (Wildman–Crippen LogP) is 1.68. The number of ketones is 1. The molecule has 0 aromatic heterocycles. The number of rotatable bonds is 0. The largest absolute Gasteiger partial charge is 2.00 e. The van der Waals surface area contributed by atoms with Crippen LogP contribution in [-0.4, -0.2) is 72.0 Å². The molecule has 4 aliphatic rings. The number of carbonyl (C=O) groups excluding carboxylic acids is 1. The predicted molar refractivity (Wildman–Crippen MR) is 105 cm³/mol. The molecule has 0 heterocycles. The van der Waals surface area contributed by atoms with E-state index in [0.717, 1.165) is 25.2 Å². The molecule has 4 aliphatic carbocycles. The Morgan fingerprint density at radius 2 is 1.57 bits per heavy atom. The van der Waals surface area contributed by atoms with Crippen LogP contribution in [0.2, 0.25) is 0 Å². The van der Waals surface area contributed by atoms with Crippen LogP contribution in [0.25, 0.3) is 0 Å². The monoisotopic (exact) mass is 444 g/mol. The molecule has 0 spiro atoms. The van der Waals surface area contributed by atoms with Gasteiger partial charge in [-0.3, -0.25) is 13.2 Å². The van der Waals surface area contributed by atoms with Gasteiger partial charge in [-0.2, -0.15) is 0 Å². The van der Waals surface area contributed by atoms with Crippen LogP contribution in [0.4, 0.5) is 0 Å². The van der Waals surface area contributed by atoms with E-state index in [-0.39, 0.29) is 48.7 Å². The van der Waals surface area contributed by atoms with Crippen LogP contribution < -0.4 is 0 Å². The van der Waals surface area contributed by atoms with E-state index in [9.17, 15) is 4.79 Å². The van der Waals surface area contributed by atoms with Crippen LogP contribution in [-0.2, 0) is 15.2 Å². The quantitative estimate of drug-likeness (QED) is 0.240. The summed E-state index contributed by atoms with van der Waals surface area (Å²) in [5.74, 6) is 2.03. The van der Waals surface area contributed by atoms with Crippen molar-refractivity contribution in [2.75, 3.05) is 0 Å². The number of fused-ring (bicyclic) bond motifs is 4. The van der Waals surface area contributed by atoms with Crippen molar-refractivity contribution >= 4 is 53.9 Å². The summed E-state index contributed by atoms with van der Waals surface area (Å²) in [6.07, 6.45) is 12.5. The molecule has 0 radical (unpaired) electrons. The van der Waals surface area contributed by atoms with Crippen molar-refractivity contribution in [2.24, 2.45) is 22.7 Å². The Kier molecular flexibility index (Phi) is 10.3. The molecule has 3 fully saturated rings. The number of hydrogen-bond acceptors (Lipinski definition) is 5. The first kappa shape index (κ1) is 28.5. The summed E-state index contributed by atoms with van der Waals surface area (Å²) in [4.78, 5) is 11.8. The van der Waals surface area contributed by atoms with E-state index in [1.165, 1.54) is 44.9 Å². The molecule has 158 valence electrons. The molecule has 28 heavy (non-hydrogen) atoms. The van der Waals surface area contributed by atoms with Gasteiger partial charge in [-0.05, 0) is 74.0 Å². The van der Waals surface area contributed by atoms with E-state index >= 15 is 0 Å². The van der Waals surface area contributed by atoms with Gasteiger partial charge in [0.1, 0.15) is 5.78 Å². The van der Waals surface area contributed by atoms with Gasteiger partial charge in [0.25, 0.3) is 0 Å². The fourth-order valence-electron chi connectivity index (χ4n) is 6.28. The van der Waals surface area contributed by atoms with Crippen LogP contribution in [0.15, 0.2) is 11.1 Å². The molecular formula is C19H32CaO7S. The van der Waals surface area contributed by atoms with Crippen LogP contribution in [0, 0.1) is 22.7 Å². The molecule has 4 N–H and O–H groups in total. The fourth-order valence-corrected chi connectivity index (χ4v) is 6.28. The van der Waals surface area contributed by atoms with Crippen molar-refractivity contribution in [3.8, 4) is 0 Å². The van der Waals surface area contributed by atoms with Crippen molar-refractivity contribution in [3.63, 3.8) is 0 Å². The molecule has 0 aromatic carbocycles. The second-order valence-corrected chi connectivity index (χ2v) is 9.72. The topological polar surface area (TPSA) is 160 Å². The zero-order valence-corrected chi connectivity index (χ0v) is 19.9. The normalized spacial score (nSPS) is 36.2. The second kappa shape index (κ2) is 10.2. The van der Waals surface area contributed by atoms with Gasteiger partial charge >= 0.3 is 37.7 Å². The first-order valence-electron chi connectivity index (χ1n) is 9.44. The van der Waals surface area contributed by atoms with Gasteiger partial charge in [-0.1, -0.05) is 25.0 Å². The molecular weight excluding hydrogens is 412 g/mol. The summed E-state index contributed by atoms with van der Waals surface area (Å²) in [6.45, 7) is 5.05. The van der Waals surface area contributed by atoms with E-state index in [2.05, 4.69) is 13.8 Å². The fraction of sp³-hybridized carbons (Fsp3) is 0.842. The maximum atomic E-state index is 11.8.